The Morgan fingerprint density at radius 3 is 1.25 bits per heavy atom. The standard InChI is InChI=1S/C10H20N2.CHClO.ClH/c1-3-7-11(8-4-1)12-9-5-2-6-10-12;2-1-3;/h1-10H2;1H;1H. The second-order valence-electron chi connectivity index (χ2n) is 4.12. The number of piperidine rings is 2. The molecule has 2 rings (SSSR count). The summed E-state index contributed by atoms with van der Waals surface area (Å²) < 4.78 is 0. The highest BCUT2D eigenvalue weighted by Gasteiger charge is 2.19. The Morgan fingerprint density at radius 2 is 1.00 bits per heavy atom. The lowest BCUT2D eigenvalue weighted by molar-refractivity contribution is -0.0518. The van der Waals surface area contributed by atoms with E-state index >= 15 is 0 Å². The first kappa shape index (κ1) is 16.2. The minimum absolute atomic E-state index is 0. The number of carbonyl (C=O) groups is 1. The molecule has 0 aliphatic carbocycles. The van der Waals surface area contributed by atoms with Crippen LogP contribution in [0.4, 0.5) is 0 Å². The minimum atomic E-state index is 0. The van der Waals surface area contributed by atoms with E-state index in [2.05, 4.69) is 21.6 Å². The average molecular weight is 269 g/mol. The predicted octanol–water partition coefficient (Wildman–Crippen LogP) is 2.71. The summed E-state index contributed by atoms with van der Waals surface area (Å²) >= 11 is 4.32. The van der Waals surface area contributed by atoms with Gasteiger partial charge in [0.2, 0.25) is 5.75 Å². The van der Waals surface area contributed by atoms with E-state index < -0.39 is 0 Å². The fourth-order valence-electron chi connectivity index (χ4n) is 2.32. The van der Waals surface area contributed by atoms with Crippen LogP contribution in [0.5, 0.6) is 0 Å². The molecule has 2 aliphatic heterocycles. The van der Waals surface area contributed by atoms with Crippen molar-refractivity contribution in [3.63, 3.8) is 0 Å². The third kappa shape index (κ3) is 6.04. The predicted molar refractivity (Wildman–Crippen MR) is 70.7 cm³/mol. The van der Waals surface area contributed by atoms with Crippen LogP contribution in [0.15, 0.2) is 0 Å². The van der Waals surface area contributed by atoms with Gasteiger partial charge < -0.3 is 0 Å². The molecule has 0 N–H and O–H groups in total. The Morgan fingerprint density at radius 1 is 0.750 bits per heavy atom. The van der Waals surface area contributed by atoms with Crippen LogP contribution in [0.25, 0.3) is 0 Å². The Balaban J connectivity index is 0.000000511. The lowest BCUT2D eigenvalue weighted by Gasteiger charge is -2.39. The van der Waals surface area contributed by atoms with Crippen LogP contribution < -0.4 is 0 Å². The summed E-state index contributed by atoms with van der Waals surface area (Å²) in [6.07, 6.45) is 8.55. The molecule has 2 saturated heterocycles. The van der Waals surface area contributed by atoms with E-state index in [0.717, 1.165) is 0 Å². The summed E-state index contributed by atoms with van der Waals surface area (Å²) in [6.45, 7) is 5.28. The molecule has 2 aliphatic rings. The molecule has 2 heterocycles. The fraction of sp³-hybridized carbons (Fsp3) is 0.909. The van der Waals surface area contributed by atoms with E-state index in [0.29, 0.717) is 0 Å². The molecule has 16 heavy (non-hydrogen) atoms. The topological polar surface area (TPSA) is 23.6 Å². The Kier molecular flexibility index (Phi) is 10.4. The second kappa shape index (κ2) is 10.3. The van der Waals surface area contributed by atoms with Crippen molar-refractivity contribution in [2.24, 2.45) is 0 Å². The molecule has 0 bridgehead atoms. The van der Waals surface area contributed by atoms with Gasteiger partial charge in [0, 0.05) is 26.2 Å². The zero-order valence-corrected chi connectivity index (χ0v) is 11.3. The van der Waals surface area contributed by atoms with Crippen molar-refractivity contribution in [3.05, 3.63) is 0 Å². The van der Waals surface area contributed by atoms with Gasteiger partial charge in [0.25, 0.3) is 0 Å². The third-order valence-electron chi connectivity index (χ3n) is 3.06. The largest absolute Gasteiger partial charge is 0.285 e. The average Bonchev–Trinajstić information content (AvgIpc) is 2.32. The maximum absolute atomic E-state index is 8.57. The second-order valence-corrected chi connectivity index (χ2v) is 4.30. The fourth-order valence-corrected chi connectivity index (χ4v) is 2.32. The zero-order valence-electron chi connectivity index (χ0n) is 9.74. The highest BCUT2D eigenvalue weighted by Crippen LogP contribution is 2.16. The van der Waals surface area contributed by atoms with Crippen LogP contribution in [-0.4, -0.2) is 41.9 Å². The Bertz CT molecular complexity index is 153. The molecule has 5 heteroatoms. The monoisotopic (exact) mass is 268 g/mol. The van der Waals surface area contributed by atoms with E-state index in [4.69, 9.17) is 4.79 Å². The molecule has 0 radical (unpaired) electrons. The van der Waals surface area contributed by atoms with Crippen LogP contribution in [0.1, 0.15) is 38.5 Å². The zero-order chi connectivity index (χ0) is 10.9. The van der Waals surface area contributed by atoms with E-state index in [9.17, 15) is 0 Å². The molecular formula is C11H22Cl2N2O. The number of rotatable bonds is 1. The van der Waals surface area contributed by atoms with E-state index in [1.165, 1.54) is 64.7 Å². The lowest BCUT2D eigenvalue weighted by Crippen LogP contribution is -2.47. The first-order valence-corrected chi connectivity index (χ1v) is 6.36. The molecule has 0 aromatic heterocycles. The van der Waals surface area contributed by atoms with Gasteiger partial charge in [-0.2, -0.15) is 0 Å². The van der Waals surface area contributed by atoms with E-state index in [1.54, 1.807) is 0 Å². The van der Waals surface area contributed by atoms with Gasteiger partial charge in [-0.25, -0.2) is 10.0 Å². The van der Waals surface area contributed by atoms with Crippen molar-refractivity contribution in [1.29, 1.82) is 0 Å². The number of hydrogen-bond donors (Lipinski definition) is 0. The van der Waals surface area contributed by atoms with Gasteiger partial charge in [0.15, 0.2) is 0 Å². The number of nitrogens with zero attached hydrogens (tertiary/aromatic N) is 2. The number of hydrogen-bond acceptors (Lipinski definition) is 3. The summed E-state index contributed by atoms with van der Waals surface area (Å²) in [5, 5.41) is 5.17. The van der Waals surface area contributed by atoms with E-state index in [1.807, 2.05) is 0 Å². The molecule has 0 amide bonds. The van der Waals surface area contributed by atoms with Gasteiger partial charge in [-0.3, -0.25) is 4.79 Å². The van der Waals surface area contributed by atoms with Crippen LogP contribution in [0, 0.1) is 0 Å². The molecule has 2 fully saturated rings. The molecular weight excluding hydrogens is 247 g/mol. The normalized spacial score (nSPS) is 22.6. The van der Waals surface area contributed by atoms with Gasteiger partial charge in [-0.1, -0.05) is 12.8 Å². The smallest absolute Gasteiger partial charge is 0.208 e. The maximum Gasteiger partial charge on any atom is 0.208 e. The van der Waals surface area contributed by atoms with Crippen LogP contribution in [-0.2, 0) is 4.79 Å². The number of hydrazine groups is 1. The van der Waals surface area contributed by atoms with Crippen LogP contribution >= 0.6 is 24.0 Å². The molecule has 0 saturated carbocycles. The van der Waals surface area contributed by atoms with Crippen molar-refractivity contribution < 1.29 is 4.79 Å². The maximum atomic E-state index is 8.57. The van der Waals surface area contributed by atoms with Crippen molar-refractivity contribution >= 4 is 29.8 Å². The lowest BCUT2D eigenvalue weighted by atomic mass is 10.1. The Labute approximate surface area is 109 Å². The molecule has 0 unspecified atom stereocenters. The number of carbonyl (C=O) groups excluding carboxylic acids is 1. The van der Waals surface area contributed by atoms with Gasteiger partial charge >= 0.3 is 0 Å². The van der Waals surface area contributed by atoms with Gasteiger partial charge in [-0.05, 0) is 37.3 Å². The van der Waals surface area contributed by atoms with Crippen LogP contribution in [0.3, 0.4) is 0 Å². The van der Waals surface area contributed by atoms with Gasteiger partial charge in [0.1, 0.15) is 0 Å². The van der Waals surface area contributed by atoms with Gasteiger partial charge in [0.05, 0.1) is 0 Å². The highest BCUT2D eigenvalue weighted by molar-refractivity contribution is 6.54. The van der Waals surface area contributed by atoms with E-state index in [-0.39, 0.29) is 18.2 Å². The summed E-state index contributed by atoms with van der Waals surface area (Å²) in [4.78, 5) is 8.57. The molecule has 3 nitrogen and oxygen atoms in total. The van der Waals surface area contributed by atoms with Gasteiger partial charge in [-0.15, -0.1) is 12.4 Å². The van der Waals surface area contributed by atoms with Crippen molar-refractivity contribution in [2.75, 3.05) is 26.2 Å². The summed E-state index contributed by atoms with van der Waals surface area (Å²) in [5.41, 5.74) is 0. The number of halogens is 2. The summed E-state index contributed by atoms with van der Waals surface area (Å²) in [7, 11) is 0. The quantitative estimate of drug-likeness (QED) is 0.540. The first-order valence-electron chi connectivity index (χ1n) is 5.92. The molecule has 0 aromatic rings. The molecule has 0 spiro atoms. The van der Waals surface area contributed by atoms with Crippen molar-refractivity contribution in [3.8, 4) is 0 Å². The third-order valence-corrected chi connectivity index (χ3v) is 3.06. The minimum Gasteiger partial charge on any atom is -0.285 e. The van der Waals surface area contributed by atoms with Crippen LogP contribution in [0.2, 0.25) is 0 Å². The van der Waals surface area contributed by atoms with Crippen molar-refractivity contribution in [2.45, 2.75) is 38.5 Å². The highest BCUT2D eigenvalue weighted by atomic mass is 35.5. The molecule has 0 aromatic carbocycles. The molecule has 0 atom stereocenters. The Hall–Kier alpha value is 0.170. The summed E-state index contributed by atoms with van der Waals surface area (Å²) in [6, 6.07) is 0. The summed E-state index contributed by atoms with van der Waals surface area (Å²) in [5.74, 6) is 0.222. The van der Waals surface area contributed by atoms with Crippen molar-refractivity contribution in [1.82, 2.24) is 10.0 Å². The molecule has 96 valence electrons. The SMILES string of the molecule is C1CCN(N2CCCCC2)CC1.Cl.O=CCl. The first-order chi connectivity index (χ1) is 7.38.